The monoisotopic (exact) mass is 423 g/mol. The summed E-state index contributed by atoms with van der Waals surface area (Å²) in [6.07, 6.45) is 0. The lowest BCUT2D eigenvalue weighted by atomic mass is 9.95. The fourth-order valence-corrected chi connectivity index (χ4v) is 3.55. The van der Waals surface area contributed by atoms with E-state index >= 15 is 0 Å². The number of hydrogen-bond acceptors (Lipinski definition) is 5. The third-order valence-electron chi connectivity index (χ3n) is 5.36. The molecule has 7 nitrogen and oxygen atoms in total. The van der Waals surface area contributed by atoms with E-state index in [0.29, 0.717) is 18.8 Å². The largest absolute Gasteiger partial charge is 0.475 e. The van der Waals surface area contributed by atoms with E-state index in [9.17, 15) is 19.5 Å². The zero-order valence-electron chi connectivity index (χ0n) is 18.2. The lowest BCUT2D eigenvalue weighted by molar-refractivity contribution is -0.131. The molecule has 2 N–H and O–H groups in total. The van der Waals surface area contributed by atoms with Gasteiger partial charge in [0, 0.05) is 38.1 Å². The lowest BCUT2D eigenvalue weighted by Crippen LogP contribution is -2.46. The van der Waals surface area contributed by atoms with Crippen LogP contribution in [-0.2, 0) is 16.1 Å². The second kappa shape index (κ2) is 9.31. The summed E-state index contributed by atoms with van der Waals surface area (Å²) in [5.74, 6) is -2.84. The standard InChI is InChI=1S/C24H29N3O4/c1-24(2,3)23(31)25-18-10-7-11-19(20(18)21(28)22(29)30)27-14-12-26(13-15-27)16-17-8-5-4-6-9-17/h4-11H,12-16H2,1-3H3,(H,25,31)(H,29,30). The Bertz CT molecular complexity index is 959. The van der Waals surface area contributed by atoms with Crippen LogP contribution in [0.5, 0.6) is 0 Å². The second-order valence-corrected chi connectivity index (χ2v) is 8.79. The molecule has 0 radical (unpaired) electrons. The Kier molecular flexibility index (Phi) is 6.75. The minimum atomic E-state index is -1.54. The average Bonchev–Trinajstić information content (AvgIpc) is 2.73. The van der Waals surface area contributed by atoms with Crippen LogP contribution in [0.2, 0.25) is 0 Å². The fourth-order valence-electron chi connectivity index (χ4n) is 3.55. The molecule has 1 amide bonds. The molecule has 1 fully saturated rings. The van der Waals surface area contributed by atoms with E-state index in [1.165, 1.54) is 5.56 Å². The Balaban J connectivity index is 1.82. The maximum Gasteiger partial charge on any atom is 0.377 e. The van der Waals surface area contributed by atoms with Crippen LogP contribution in [0.15, 0.2) is 48.5 Å². The van der Waals surface area contributed by atoms with Crippen LogP contribution in [0.25, 0.3) is 0 Å². The summed E-state index contributed by atoms with van der Waals surface area (Å²) in [7, 11) is 0. The van der Waals surface area contributed by atoms with Crippen molar-refractivity contribution < 1.29 is 19.5 Å². The smallest absolute Gasteiger partial charge is 0.377 e. The van der Waals surface area contributed by atoms with Crippen molar-refractivity contribution >= 4 is 29.0 Å². The van der Waals surface area contributed by atoms with Crippen molar-refractivity contribution in [1.82, 2.24) is 4.90 Å². The minimum absolute atomic E-state index is 0.0316. The highest BCUT2D eigenvalue weighted by Crippen LogP contribution is 2.31. The Hall–Kier alpha value is -3.19. The van der Waals surface area contributed by atoms with Gasteiger partial charge in [-0.05, 0) is 17.7 Å². The van der Waals surface area contributed by atoms with Crippen LogP contribution in [0.1, 0.15) is 36.7 Å². The summed E-state index contributed by atoms with van der Waals surface area (Å²) < 4.78 is 0. The predicted octanol–water partition coefficient (Wildman–Crippen LogP) is 3.26. The van der Waals surface area contributed by atoms with Crippen LogP contribution < -0.4 is 10.2 Å². The van der Waals surface area contributed by atoms with E-state index in [1.807, 2.05) is 23.1 Å². The van der Waals surface area contributed by atoms with Gasteiger partial charge in [0.15, 0.2) is 0 Å². The first-order valence-electron chi connectivity index (χ1n) is 10.4. The summed E-state index contributed by atoms with van der Waals surface area (Å²) >= 11 is 0. The van der Waals surface area contributed by atoms with Crippen molar-refractivity contribution in [2.75, 3.05) is 36.4 Å². The van der Waals surface area contributed by atoms with E-state index in [0.717, 1.165) is 19.6 Å². The highest BCUT2D eigenvalue weighted by molar-refractivity contribution is 6.42. The molecule has 0 spiro atoms. The molecule has 1 aliphatic rings. The van der Waals surface area contributed by atoms with Gasteiger partial charge in [-0.25, -0.2) is 4.79 Å². The van der Waals surface area contributed by atoms with Crippen molar-refractivity contribution in [3.8, 4) is 0 Å². The molecule has 1 heterocycles. The number of rotatable bonds is 6. The molecule has 0 unspecified atom stereocenters. The van der Waals surface area contributed by atoms with Gasteiger partial charge in [0.25, 0.3) is 5.78 Å². The van der Waals surface area contributed by atoms with E-state index in [4.69, 9.17) is 0 Å². The number of Topliss-reactive ketones (excluding diaryl/α,β-unsaturated/α-hetero) is 1. The molecule has 0 bridgehead atoms. The number of benzene rings is 2. The maximum atomic E-state index is 12.6. The number of nitrogens with one attached hydrogen (secondary N) is 1. The van der Waals surface area contributed by atoms with Gasteiger partial charge < -0.3 is 15.3 Å². The number of aliphatic carboxylic acids is 1. The number of carbonyl (C=O) groups is 3. The third-order valence-corrected chi connectivity index (χ3v) is 5.36. The van der Waals surface area contributed by atoms with Crippen LogP contribution >= 0.6 is 0 Å². The molecule has 0 aliphatic carbocycles. The second-order valence-electron chi connectivity index (χ2n) is 8.79. The summed E-state index contributed by atoms with van der Waals surface area (Å²) in [5.41, 5.74) is 1.37. The first kappa shape index (κ1) is 22.5. The van der Waals surface area contributed by atoms with Crippen molar-refractivity contribution in [3.63, 3.8) is 0 Å². The Morgan fingerprint density at radius 3 is 2.16 bits per heavy atom. The highest BCUT2D eigenvalue weighted by Gasteiger charge is 2.29. The molecule has 0 saturated carbocycles. The summed E-state index contributed by atoms with van der Waals surface area (Å²) in [4.78, 5) is 41.0. The van der Waals surface area contributed by atoms with Crippen molar-refractivity contribution in [3.05, 3.63) is 59.7 Å². The van der Waals surface area contributed by atoms with Crippen LogP contribution in [0.3, 0.4) is 0 Å². The van der Waals surface area contributed by atoms with Crippen LogP contribution in [0, 0.1) is 5.41 Å². The molecule has 3 rings (SSSR count). The van der Waals surface area contributed by atoms with Crippen LogP contribution in [-0.4, -0.2) is 53.8 Å². The number of anilines is 2. The Labute approximate surface area is 182 Å². The topological polar surface area (TPSA) is 90.0 Å². The van der Waals surface area contributed by atoms with Crippen molar-refractivity contribution in [1.29, 1.82) is 0 Å². The molecule has 164 valence electrons. The van der Waals surface area contributed by atoms with Gasteiger partial charge in [-0.1, -0.05) is 57.2 Å². The van der Waals surface area contributed by atoms with E-state index < -0.39 is 17.2 Å². The van der Waals surface area contributed by atoms with Gasteiger partial charge in [0.1, 0.15) is 0 Å². The predicted molar refractivity (Wildman–Crippen MR) is 120 cm³/mol. The van der Waals surface area contributed by atoms with Crippen molar-refractivity contribution in [2.45, 2.75) is 27.3 Å². The van der Waals surface area contributed by atoms with Gasteiger partial charge in [0.2, 0.25) is 5.91 Å². The van der Waals surface area contributed by atoms with Gasteiger partial charge in [-0.3, -0.25) is 14.5 Å². The molecular formula is C24H29N3O4. The van der Waals surface area contributed by atoms with Gasteiger partial charge in [-0.2, -0.15) is 0 Å². The Morgan fingerprint density at radius 2 is 1.58 bits per heavy atom. The van der Waals surface area contributed by atoms with E-state index in [-0.39, 0.29) is 17.2 Å². The zero-order valence-corrected chi connectivity index (χ0v) is 18.2. The first-order valence-corrected chi connectivity index (χ1v) is 10.4. The fraction of sp³-hybridized carbons (Fsp3) is 0.375. The number of carboxylic acid groups (broad SMARTS) is 1. The maximum absolute atomic E-state index is 12.6. The third kappa shape index (κ3) is 5.49. The van der Waals surface area contributed by atoms with Gasteiger partial charge in [-0.15, -0.1) is 0 Å². The molecule has 1 saturated heterocycles. The number of hydrogen-bond donors (Lipinski definition) is 2. The van der Waals surface area contributed by atoms with Crippen molar-refractivity contribution in [2.24, 2.45) is 5.41 Å². The van der Waals surface area contributed by atoms with E-state index in [2.05, 4.69) is 22.3 Å². The molecule has 0 atom stereocenters. The molecule has 2 aromatic carbocycles. The number of carbonyl (C=O) groups excluding carboxylic acids is 2. The molecule has 2 aromatic rings. The molecule has 0 aromatic heterocycles. The van der Waals surface area contributed by atoms with Crippen LogP contribution in [0.4, 0.5) is 11.4 Å². The highest BCUT2D eigenvalue weighted by atomic mass is 16.4. The number of amides is 1. The normalized spacial score (nSPS) is 14.9. The zero-order chi connectivity index (χ0) is 22.6. The average molecular weight is 424 g/mol. The quantitative estimate of drug-likeness (QED) is 0.548. The lowest BCUT2D eigenvalue weighted by Gasteiger charge is -2.37. The molecule has 31 heavy (non-hydrogen) atoms. The number of piperazine rings is 1. The van der Waals surface area contributed by atoms with Gasteiger partial charge in [0.05, 0.1) is 16.9 Å². The SMILES string of the molecule is CC(C)(C)C(=O)Nc1cccc(N2CCN(Cc3ccccc3)CC2)c1C(=O)C(=O)O. The molecular weight excluding hydrogens is 394 g/mol. The minimum Gasteiger partial charge on any atom is -0.475 e. The molecule has 7 heteroatoms. The van der Waals surface area contributed by atoms with E-state index in [1.54, 1.807) is 39.0 Å². The summed E-state index contributed by atoms with van der Waals surface area (Å²) in [5, 5.41) is 12.1. The number of ketones is 1. The first-order chi connectivity index (χ1) is 14.7. The molecule has 1 aliphatic heterocycles. The number of carboxylic acids is 1. The number of nitrogens with zero attached hydrogens (tertiary/aromatic N) is 2. The Morgan fingerprint density at radius 1 is 0.935 bits per heavy atom. The summed E-state index contributed by atoms with van der Waals surface area (Å²) in [6.45, 7) is 9.01. The van der Waals surface area contributed by atoms with Gasteiger partial charge >= 0.3 is 5.97 Å². The summed E-state index contributed by atoms with van der Waals surface area (Å²) in [6, 6.07) is 15.3.